The molecule has 1 atom stereocenters. The zero-order valence-corrected chi connectivity index (χ0v) is 10.8. The first-order valence-electron chi connectivity index (χ1n) is 5.01. The second-order valence-corrected chi connectivity index (χ2v) is 4.06. The van der Waals surface area contributed by atoms with Crippen molar-refractivity contribution in [3.05, 3.63) is 35.4 Å². The standard InChI is InChI=1S/C12H17BrO2/c1-10-3-5-11(6-4-10)12(9-13)15-8-7-14-2/h3-6,12H,7-9H2,1-2H3. The van der Waals surface area contributed by atoms with Gasteiger partial charge in [0.2, 0.25) is 0 Å². The molecule has 0 spiro atoms. The summed E-state index contributed by atoms with van der Waals surface area (Å²) in [4.78, 5) is 0. The van der Waals surface area contributed by atoms with Gasteiger partial charge in [0.1, 0.15) is 0 Å². The molecule has 0 bridgehead atoms. The molecule has 0 aromatic heterocycles. The monoisotopic (exact) mass is 272 g/mol. The number of hydrogen-bond donors (Lipinski definition) is 0. The normalized spacial score (nSPS) is 12.7. The van der Waals surface area contributed by atoms with Crippen LogP contribution in [-0.4, -0.2) is 25.7 Å². The SMILES string of the molecule is COCCOC(CBr)c1ccc(C)cc1. The minimum Gasteiger partial charge on any atom is -0.382 e. The fourth-order valence-corrected chi connectivity index (χ4v) is 1.85. The van der Waals surface area contributed by atoms with Crippen LogP contribution < -0.4 is 0 Å². The molecule has 0 radical (unpaired) electrons. The van der Waals surface area contributed by atoms with E-state index in [9.17, 15) is 0 Å². The molecule has 0 saturated heterocycles. The van der Waals surface area contributed by atoms with Crippen LogP contribution in [0, 0.1) is 6.92 Å². The van der Waals surface area contributed by atoms with E-state index in [1.54, 1.807) is 7.11 Å². The summed E-state index contributed by atoms with van der Waals surface area (Å²) in [6.45, 7) is 3.34. The lowest BCUT2D eigenvalue weighted by atomic mass is 10.1. The average molecular weight is 273 g/mol. The first-order chi connectivity index (χ1) is 7.27. The zero-order valence-electron chi connectivity index (χ0n) is 9.20. The van der Waals surface area contributed by atoms with E-state index in [2.05, 4.69) is 47.1 Å². The fourth-order valence-electron chi connectivity index (χ4n) is 1.28. The molecule has 1 rings (SSSR count). The van der Waals surface area contributed by atoms with Gasteiger partial charge >= 0.3 is 0 Å². The van der Waals surface area contributed by atoms with Crippen molar-refractivity contribution in [3.8, 4) is 0 Å². The van der Waals surface area contributed by atoms with Gasteiger partial charge < -0.3 is 9.47 Å². The summed E-state index contributed by atoms with van der Waals surface area (Å²) in [5.74, 6) is 0. The third kappa shape index (κ3) is 4.33. The molecule has 1 aromatic rings. The molecule has 84 valence electrons. The van der Waals surface area contributed by atoms with Crippen LogP contribution in [0.25, 0.3) is 0 Å². The minimum atomic E-state index is 0.112. The summed E-state index contributed by atoms with van der Waals surface area (Å²) in [5, 5.41) is 0.805. The van der Waals surface area contributed by atoms with Crippen molar-refractivity contribution in [2.45, 2.75) is 13.0 Å². The van der Waals surface area contributed by atoms with Crippen LogP contribution in [0.3, 0.4) is 0 Å². The van der Waals surface area contributed by atoms with Crippen LogP contribution in [0.15, 0.2) is 24.3 Å². The molecular formula is C12H17BrO2. The Morgan fingerprint density at radius 1 is 1.20 bits per heavy atom. The maximum absolute atomic E-state index is 5.69. The van der Waals surface area contributed by atoms with Crippen molar-refractivity contribution in [2.24, 2.45) is 0 Å². The Hall–Kier alpha value is -0.380. The van der Waals surface area contributed by atoms with Crippen LogP contribution in [0.1, 0.15) is 17.2 Å². The van der Waals surface area contributed by atoms with E-state index in [0.717, 1.165) is 5.33 Å². The lowest BCUT2D eigenvalue weighted by Gasteiger charge is -2.15. The largest absolute Gasteiger partial charge is 0.382 e. The van der Waals surface area contributed by atoms with Crippen molar-refractivity contribution >= 4 is 15.9 Å². The van der Waals surface area contributed by atoms with Gasteiger partial charge in [0.05, 0.1) is 19.3 Å². The van der Waals surface area contributed by atoms with Gasteiger partial charge in [-0.15, -0.1) is 0 Å². The van der Waals surface area contributed by atoms with Gasteiger partial charge in [-0.2, -0.15) is 0 Å². The smallest absolute Gasteiger partial charge is 0.0922 e. The second kappa shape index (κ2) is 6.99. The third-order valence-corrected chi connectivity index (χ3v) is 2.78. The molecule has 15 heavy (non-hydrogen) atoms. The first-order valence-corrected chi connectivity index (χ1v) is 6.13. The van der Waals surface area contributed by atoms with Crippen molar-refractivity contribution in [2.75, 3.05) is 25.7 Å². The van der Waals surface area contributed by atoms with E-state index in [0.29, 0.717) is 13.2 Å². The Morgan fingerprint density at radius 2 is 1.87 bits per heavy atom. The summed E-state index contributed by atoms with van der Waals surface area (Å²) in [6, 6.07) is 8.41. The maximum Gasteiger partial charge on any atom is 0.0922 e. The number of methoxy groups -OCH3 is 1. The van der Waals surface area contributed by atoms with E-state index in [1.807, 2.05) is 0 Å². The van der Waals surface area contributed by atoms with Crippen molar-refractivity contribution in [1.82, 2.24) is 0 Å². The van der Waals surface area contributed by atoms with E-state index in [1.165, 1.54) is 11.1 Å². The third-order valence-electron chi connectivity index (χ3n) is 2.20. The van der Waals surface area contributed by atoms with Gasteiger partial charge in [0.25, 0.3) is 0 Å². The van der Waals surface area contributed by atoms with Gasteiger partial charge in [-0.25, -0.2) is 0 Å². The van der Waals surface area contributed by atoms with Crippen molar-refractivity contribution in [3.63, 3.8) is 0 Å². The topological polar surface area (TPSA) is 18.5 Å². The van der Waals surface area contributed by atoms with Gasteiger partial charge in [0, 0.05) is 12.4 Å². The van der Waals surface area contributed by atoms with Crippen LogP contribution in [-0.2, 0) is 9.47 Å². The Labute approximate surface area is 99.7 Å². The highest BCUT2D eigenvalue weighted by molar-refractivity contribution is 9.09. The van der Waals surface area contributed by atoms with Crippen molar-refractivity contribution in [1.29, 1.82) is 0 Å². The lowest BCUT2D eigenvalue weighted by Crippen LogP contribution is -2.10. The van der Waals surface area contributed by atoms with Gasteiger partial charge in [-0.3, -0.25) is 0 Å². The molecule has 0 aliphatic carbocycles. The van der Waals surface area contributed by atoms with Crippen LogP contribution in [0.5, 0.6) is 0 Å². The van der Waals surface area contributed by atoms with E-state index < -0.39 is 0 Å². The Balaban J connectivity index is 2.53. The van der Waals surface area contributed by atoms with E-state index in [-0.39, 0.29) is 6.10 Å². The molecule has 0 heterocycles. The fraction of sp³-hybridized carbons (Fsp3) is 0.500. The van der Waals surface area contributed by atoms with Crippen LogP contribution in [0.4, 0.5) is 0 Å². The van der Waals surface area contributed by atoms with Crippen molar-refractivity contribution < 1.29 is 9.47 Å². The molecule has 2 nitrogen and oxygen atoms in total. The second-order valence-electron chi connectivity index (χ2n) is 3.42. The highest BCUT2D eigenvalue weighted by Crippen LogP contribution is 2.19. The summed E-state index contributed by atoms with van der Waals surface area (Å²) >= 11 is 3.46. The molecule has 1 aromatic carbocycles. The van der Waals surface area contributed by atoms with Gasteiger partial charge in [0.15, 0.2) is 0 Å². The molecule has 0 amide bonds. The quantitative estimate of drug-likeness (QED) is 0.585. The molecule has 0 saturated carbocycles. The Morgan fingerprint density at radius 3 is 2.40 bits per heavy atom. The number of hydrogen-bond acceptors (Lipinski definition) is 2. The van der Waals surface area contributed by atoms with Gasteiger partial charge in [-0.1, -0.05) is 45.8 Å². The minimum absolute atomic E-state index is 0.112. The maximum atomic E-state index is 5.69. The summed E-state index contributed by atoms with van der Waals surface area (Å²) < 4.78 is 10.6. The van der Waals surface area contributed by atoms with Gasteiger partial charge in [-0.05, 0) is 12.5 Å². The number of rotatable bonds is 6. The summed E-state index contributed by atoms with van der Waals surface area (Å²) in [7, 11) is 1.68. The Bertz CT molecular complexity index is 271. The van der Waals surface area contributed by atoms with Crippen LogP contribution in [0.2, 0.25) is 0 Å². The first kappa shape index (κ1) is 12.7. The van der Waals surface area contributed by atoms with Crippen LogP contribution >= 0.6 is 15.9 Å². The molecule has 0 fully saturated rings. The number of alkyl halides is 1. The molecular weight excluding hydrogens is 256 g/mol. The van der Waals surface area contributed by atoms with E-state index in [4.69, 9.17) is 9.47 Å². The zero-order chi connectivity index (χ0) is 11.1. The Kier molecular flexibility index (Phi) is 5.91. The number of aryl methyl sites for hydroxylation is 1. The molecule has 0 aliphatic heterocycles. The predicted molar refractivity (Wildman–Crippen MR) is 65.5 cm³/mol. The number of benzene rings is 1. The summed E-state index contributed by atoms with van der Waals surface area (Å²) in [5.41, 5.74) is 2.47. The molecule has 1 unspecified atom stereocenters. The number of halogens is 1. The number of ether oxygens (including phenoxy) is 2. The summed E-state index contributed by atoms with van der Waals surface area (Å²) in [6.07, 6.45) is 0.112. The average Bonchev–Trinajstić information content (AvgIpc) is 2.26. The molecule has 0 aliphatic rings. The lowest BCUT2D eigenvalue weighted by molar-refractivity contribution is 0.0284. The highest BCUT2D eigenvalue weighted by Gasteiger charge is 2.09. The molecule has 3 heteroatoms. The van der Waals surface area contributed by atoms with E-state index >= 15 is 0 Å². The predicted octanol–water partition coefficient (Wildman–Crippen LogP) is 3.09. The highest BCUT2D eigenvalue weighted by atomic mass is 79.9. The molecule has 0 N–H and O–H groups in total.